The molecule has 2 aliphatic heterocycles. The third kappa shape index (κ3) is 4.17. The van der Waals surface area contributed by atoms with Crippen LogP contribution in [0.1, 0.15) is 26.7 Å². The van der Waals surface area contributed by atoms with Crippen molar-refractivity contribution < 1.29 is 9.53 Å². The first-order valence-corrected chi connectivity index (χ1v) is 8.05. The van der Waals surface area contributed by atoms with Gasteiger partial charge in [0, 0.05) is 52.4 Å². The van der Waals surface area contributed by atoms with E-state index >= 15 is 0 Å². The molecule has 1 amide bonds. The summed E-state index contributed by atoms with van der Waals surface area (Å²) in [7, 11) is 0. The Morgan fingerprint density at radius 3 is 2.35 bits per heavy atom. The molecule has 5 heteroatoms. The van der Waals surface area contributed by atoms with Gasteiger partial charge in [0.25, 0.3) is 0 Å². The second kappa shape index (κ2) is 7.96. The fourth-order valence-electron chi connectivity index (χ4n) is 3.07. The average molecular weight is 283 g/mol. The molecule has 0 radical (unpaired) electrons. The molecule has 0 aromatic rings. The molecule has 2 saturated heterocycles. The van der Waals surface area contributed by atoms with Gasteiger partial charge >= 0.3 is 0 Å². The Kier molecular flexibility index (Phi) is 6.26. The second-order valence-electron chi connectivity index (χ2n) is 5.78. The van der Waals surface area contributed by atoms with Gasteiger partial charge in [-0.25, -0.2) is 0 Å². The lowest BCUT2D eigenvalue weighted by Crippen LogP contribution is -2.54. The van der Waals surface area contributed by atoms with Gasteiger partial charge in [-0.1, -0.05) is 0 Å². The van der Waals surface area contributed by atoms with E-state index in [1.165, 1.54) is 12.8 Å². The highest BCUT2D eigenvalue weighted by molar-refractivity contribution is 5.81. The number of ether oxygens (including phenoxy) is 1. The molecule has 0 aromatic carbocycles. The van der Waals surface area contributed by atoms with E-state index in [9.17, 15) is 4.79 Å². The molecule has 2 fully saturated rings. The molecule has 1 atom stereocenters. The largest absolute Gasteiger partial charge is 0.380 e. The van der Waals surface area contributed by atoms with Gasteiger partial charge in [0.1, 0.15) is 0 Å². The van der Waals surface area contributed by atoms with E-state index in [4.69, 9.17) is 4.74 Å². The second-order valence-corrected chi connectivity index (χ2v) is 5.78. The van der Waals surface area contributed by atoms with Crippen LogP contribution in [0.15, 0.2) is 0 Å². The molecule has 20 heavy (non-hydrogen) atoms. The number of hydrogen-bond donors (Lipinski definition) is 0. The Labute approximate surface area is 122 Å². The normalized spacial score (nSPS) is 23.2. The number of carbonyl (C=O) groups is 1. The quantitative estimate of drug-likeness (QED) is 0.671. The number of amides is 1. The molecule has 5 nitrogen and oxygen atoms in total. The molecule has 0 spiro atoms. The van der Waals surface area contributed by atoms with Crippen molar-refractivity contribution in [2.75, 3.05) is 59.0 Å². The van der Waals surface area contributed by atoms with Gasteiger partial charge < -0.3 is 9.64 Å². The predicted octanol–water partition coefficient (Wildman–Crippen LogP) is 0.651. The molecule has 0 aromatic heterocycles. The van der Waals surface area contributed by atoms with Crippen molar-refractivity contribution in [1.82, 2.24) is 14.7 Å². The van der Waals surface area contributed by atoms with E-state index in [0.717, 1.165) is 59.0 Å². The van der Waals surface area contributed by atoms with Crippen LogP contribution in [0.2, 0.25) is 0 Å². The van der Waals surface area contributed by atoms with Gasteiger partial charge in [0.15, 0.2) is 0 Å². The van der Waals surface area contributed by atoms with Crippen molar-refractivity contribution >= 4 is 5.91 Å². The van der Waals surface area contributed by atoms with Gasteiger partial charge in [0.2, 0.25) is 5.91 Å². The Morgan fingerprint density at radius 1 is 1.10 bits per heavy atom. The maximum Gasteiger partial charge on any atom is 0.239 e. The van der Waals surface area contributed by atoms with Crippen molar-refractivity contribution in [2.24, 2.45) is 0 Å². The summed E-state index contributed by atoms with van der Waals surface area (Å²) in [5, 5.41) is 0. The fourth-order valence-corrected chi connectivity index (χ4v) is 3.07. The standard InChI is InChI=1S/C15H29N3O2/c1-3-20-13-12-16-8-10-17(11-9-16)14(2)15(19)18-6-4-5-7-18/h14H,3-13H2,1-2H3/t14-/m1/s1. The van der Waals surface area contributed by atoms with Crippen molar-refractivity contribution in [3.63, 3.8) is 0 Å². The van der Waals surface area contributed by atoms with Crippen LogP contribution in [0.4, 0.5) is 0 Å². The highest BCUT2D eigenvalue weighted by atomic mass is 16.5. The Balaban J connectivity index is 1.71. The number of rotatable bonds is 6. The van der Waals surface area contributed by atoms with Gasteiger partial charge in [-0.2, -0.15) is 0 Å². The first-order valence-electron chi connectivity index (χ1n) is 8.05. The maximum absolute atomic E-state index is 12.4. The maximum atomic E-state index is 12.4. The molecule has 2 heterocycles. The molecule has 2 rings (SSSR count). The summed E-state index contributed by atoms with van der Waals surface area (Å²) in [6.45, 7) is 12.7. The third-order valence-corrected chi connectivity index (χ3v) is 4.49. The summed E-state index contributed by atoms with van der Waals surface area (Å²) in [5.41, 5.74) is 0. The molecular formula is C15H29N3O2. The van der Waals surface area contributed by atoms with Crippen molar-refractivity contribution in [3.05, 3.63) is 0 Å². The number of piperazine rings is 1. The lowest BCUT2D eigenvalue weighted by Gasteiger charge is -2.38. The minimum absolute atomic E-state index is 0.0436. The number of likely N-dealkylation sites (tertiary alicyclic amines) is 1. The van der Waals surface area contributed by atoms with Gasteiger partial charge in [0.05, 0.1) is 12.6 Å². The Bertz CT molecular complexity index is 297. The van der Waals surface area contributed by atoms with Crippen LogP contribution in [-0.4, -0.2) is 85.7 Å². The van der Waals surface area contributed by atoms with E-state index in [0.29, 0.717) is 5.91 Å². The van der Waals surface area contributed by atoms with E-state index in [1.807, 2.05) is 11.8 Å². The summed E-state index contributed by atoms with van der Waals surface area (Å²) in [4.78, 5) is 19.2. The fraction of sp³-hybridized carbons (Fsp3) is 0.933. The van der Waals surface area contributed by atoms with Crippen LogP contribution in [0, 0.1) is 0 Å². The van der Waals surface area contributed by atoms with E-state index in [2.05, 4.69) is 16.7 Å². The minimum atomic E-state index is 0.0436. The molecular weight excluding hydrogens is 254 g/mol. The number of carbonyl (C=O) groups excluding carboxylic acids is 1. The SMILES string of the molecule is CCOCCN1CCN([C@H](C)C(=O)N2CCCC2)CC1. The highest BCUT2D eigenvalue weighted by Gasteiger charge is 2.29. The van der Waals surface area contributed by atoms with Gasteiger partial charge in [-0.05, 0) is 26.7 Å². The van der Waals surface area contributed by atoms with Crippen LogP contribution < -0.4 is 0 Å². The first-order chi connectivity index (χ1) is 9.72. The summed E-state index contributed by atoms with van der Waals surface area (Å²) in [6.07, 6.45) is 2.34. The summed E-state index contributed by atoms with van der Waals surface area (Å²) in [5.74, 6) is 0.324. The van der Waals surface area contributed by atoms with E-state index in [-0.39, 0.29) is 6.04 Å². The molecule has 0 bridgehead atoms. The first kappa shape index (κ1) is 15.7. The molecule has 0 saturated carbocycles. The summed E-state index contributed by atoms with van der Waals surface area (Å²) >= 11 is 0. The van der Waals surface area contributed by atoms with E-state index < -0.39 is 0 Å². The molecule has 116 valence electrons. The lowest BCUT2D eigenvalue weighted by atomic mass is 10.2. The zero-order chi connectivity index (χ0) is 14.4. The summed E-state index contributed by atoms with van der Waals surface area (Å²) in [6, 6.07) is 0.0436. The van der Waals surface area contributed by atoms with Crippen LogP contribution in [0.5, 0.6) is 0 Å². The molecule has 0 unspecified atom stereocenters. The van der Waals surface area contributed by atoms with Crippen LogP contribution in [-0.2, 0) is 9.53 Å². The van der Waals surface area contributed by atoms with Crippen molar-refractivity contribution in [3.8, 4) is 0 Å². The molecule has 0 aliphatic carbocycles. The summed E-state index contributed by atoms with van der Waals surface area (Å²) < 4.78 is 5.40. The van der Waals surface area contributed by atoms with Crippen molar-refractivity contribution in [2.45, 2.75) is 32.7 Å². The average Bonchev–Trinajstić information content (AvgIpc) is 3.01. The third-order valence-electron chi connectivity index (χ3n) is 4.49. The monoisotopic (exact) mass is 283 g/mol. The van der Waals surface area contributed by atoms with Crippen LogP contribution in [0.3, 0.4) is 0 Å². The zero-order valence-electron chi connectivity index (χ0n) is 13.0. The smallest absolute Gasteiger partial charge is 0.239 e. The Hall–Kier alpha value is -0.650. The van der Waals surface area contributed by atoms with Crippen molar-refractivity contribution in [1.29, 1.82) is 0 Å². The van der Waals surface area contributed by atoms with E-state index in [1.54, 1.807) is 0 Å². The Morgan fingerprint density at radius 2 is 1.75 bits per heavy atom. The van der Waals surface area contributed by atoms with Gasteiger partial charge in [-0.3, -0.25) is 14.6 Å². The van der Waals surface area contributed by atoms with Crippen LogP contribution >= 0.6 is 0 Å². The highest BCUT2D eigenvalue weighted by Crippen LogP contribution is 2.13. The number of nitrogens with zero attached hydrogens (tertiary/aromatic N) is 3. The number of hydrogen-bond acceptors (Lipinski definition) is 4. The zero-order valence-corrected chi connectivity index (χ0v) is 13.0. The predicted molar refractivity (Wildman–Crippen MR) is 79.8 cm³/mol. The molecule has 0 N–H and O–H groups in total. The molecule has 2 aliphatic rings. The van der Waals surface area contributed by atoms with Crippen LogP contribution in [0.25, 0.3) is 0 Å². The van der Waals surface area contributed by atoms with Gasteiger partial charge in [-0.15, -0.1) is 0 Å². The lowest BCUT2D eigenvalue weighted by molar-refractivity contribution is -0.136. The minimum Gasteiger partial charge on any atom is -0.380 e. The topological polar surface area (TPSA) is 36.0 Å².